The lowest BCUT2D eigenvalue weighted by atomic mass is 10.1. The molecule has 1 aliphatic carbocycles. The van der Waals surface area contributed by atoms with Crippen molar-refractivity contribution in [3.63, 3.8) is 0 Å². The van der Waals surface area contributed by atoms with Gasteiger partial charge in [-0.1, -0.05) is 6.07 Å². The molecule has 1 atom stereocenters. The van der Waals surface area contributed by atoms with Gasteiger partial charge in [0.1, 0.15) is 5.75 Å². The summed E-state index contributed by atoms with van der Waals surface area (Å²) < 4.78 is 5.50. The number of nitrogens with one attached hydrogen (secondary N) is 1. The number of hydrogen-bond acceptors (Lipinski definition) is 4. The van der Waals surface area contributed by atoms with Crippen LogP contribution in [0.3, 0.4) is 0 Å². The Kier molecular flexibility index (Phi) is 1.95. The third kappa shape index (κ3) is 1.49. The van der Waals surface area contributed by atoms with Crippen molar-refractivity contribution in [3.05, 3.63) is 35.5 Å². The lowest BCUT2D eigenvalue weighted by molar-refractivity contribution is -0.114. The fraction of sp³-hybridized carbons (Fsp3) is 0.357. The zero-order valence-corrected chi connectivity index (χ0v) is 9.98. The summed E-state index contributed by atoms with van der Waals surface area (Å²) in [4.78, 5) is 13.6. The molecule has 3 aliphatic rings. The number of anilines is 1. The van der Waals surface area contributed by atoms with E-state index in [9.17, 15) is 4.79 Å². The van der Waals surface area contributed by atoms with Gasteiger partial charge in [-0.2, -0.15) is 0 Å². The van der Waals surface area contributed by atoms with Gasteiger partial charge in [0.05, 0.1) is 11.7 Å². The van der Waals surface area contributed by atoms with Gasteiger partial charge in [-0.3, -0.25) is 4.79 Å². The monoisotopic (exact) mass is 242 g/mol. The van der Waals surface area contributed by atoms with E-state index in [1.807, 2.05) is 0 Å². The fourth-order valence-corrected chi connectivity index (χ4v) is 2.75. The van der Waals surface area contributed by atoms with Gasteiger partial charge < -0.3 is 15.0 Å². The van der Waals surface area contributed by atoms with Gasteiger partial charge in [0.2, 0.25) is 0 Å². The molecule has 4 heteroatoms. The zero-order valence-electron chi connectivity index (χ0n) is 9.98. The summed E-state index contributed by atoms with van der Waals surface area (Å²) in [5.74, 6) is 1.20. The molecule has 1 N–H and O–H groups in total. The van der Waals surface area contributed by atoms with Gasteiger partial charge in [0.15, 0.2) is 12.5 Å². The van der Waals surface area contributed by atoms with Crippen LogP contribution in [0.4, 0.5) is 5.69 Å². The predicted octanol–water partition coefficient (Wildman–Crippen LogP) is 2.05. The highest BCUT2D eigenvalue weighted by atomic mass is 16.5. The number of carbonyl (C=O) groups is 1. The van der Waals surface area contributed by atoms with Crippen LogP contribution in [0.25, 0.3) is 0 Å². The van der Waals surface area contributed by atoms with Crippen LogP contribution in [0.5, 0.6) is 5.75 Å². The number of nitrogens with zero attached hydrogens (tertiary/aromatic N) is 1. The first kappa shape index (κ1) is 10.00. The average Bonchev–Trinajstić information content (AvgIpc) is 2.82. The Labute approximate surface area is 105 Å². The summed E-state index contributed by atoms with van der Waals surface area (Å²) in [7, 11) is 0. The molecule has 0 saturated carbocycles. The molecule has 1 aromatic rings. The SMILES string of the molecule is O=C1C=C(N2CC2c2ccc3c(c2)OCN3)CC1. The van der Waals surface area contributed by atoms with E-state index >= 15 is 0 Å². The summed E-state index contributed by atoms with van der Waals surface area (Å²) in [6.07, 6.45) is 3.37. The van der Waals surface area contributed by atoms with Gasteiger partial charge in [-0.05, 0) is 24.1 Å². The summed E-state index contributed by atoms with van der Waals surface area (Å²) in [6.45, 7) is 1.58. The molecule has 92 valence electrons. The zero-order chi connectivity index (χ0) is 12.1. The van der Waals surface area contributed by atoms with Crippen molar-refractivity contribution in [2.75, 3.05) is 18.6 Å². The van der Waals surface area contributed by atoms with Crippen molar-refractivity contribution in [1.29, 1.82) is 0 Å². The number of rotatable bonds is 2. The van der Waals surface area contributed by atoms with Gasteiger partial charge in [0, 0.05) is 24.7 Å². The molecular weight excluding hydrogens is 228 g/mol. The minimum Gasteiger partial charge on any atom is -0.471 e. The molecule has 1 fully saturated rings. The number of ether oxygens (including phenoxy) is 1. The number of carbonyl (C=O) groups excluding carboxylic acids is 1. The Morgan fingerprint density at radius 3 is 3.11 bits per heavy atom. The van der Waals surface area contributed by atoms with Crippen molar-refractivity contribution in [2.45, 2.75) is 18.9 Å². The van der Waals surface area contributed by atoms with Crippen LogP contribution in [0.1, 0.15) is 24.4 Å². The van der Waals surface area contributed by atoms with Crippen LogP contribution in [0.2, 0.25) is 0 Å². The molecule has 2 heterocycles. The molecule has 0 amide bonds. The molecule has 18 heavy (non-hydrogen) atoms. The summed E-state index contributed by atoms with van der Waals surface area (Å²) >= 11 is 0. The van der Waals surface area contributed by atoms with E-state index in [2.05, 4.69) is 28.4 Å². The van der Waals surface area contributed by atoms with Crippen molar-refractivity contribution in [1.82, 2.24) is 4.90 Å². The molecule has 0 radical (unpaired) electrons. The maximum absolute atomic E-state index is 11.3. The van der Waals surface area contributed by atoms with Gasteiger partial charge in [-0.15, -0.1) is 0 Å². The minimum absolute atomic E-state index is 0.261. The topological polar surface area (TPSA) is 41.3 Å². The predicted molar refractivity (Wildman–Crippen MR) is 67.3 cm³/mol. The maximum atomic E-state index is 11.3. The molecule has 1 aromatic carbocycles. The molecule has 0 spiro atoms. The van der Waals surface area contributed by atoms with Gasteiger partial charge >= 0.3 is 0 Å². The Balaban J connectivity index is 1.56. The number of benzene rings is 1. The van der Waals surface area contributed by atoms with E-state index < -0.39 is 0 Å². The van der Waals surface area contributed by atoms with Gasteiger partial charge in [0.25, 0.3) is 0 Å². The van der Waals surface area contributed by atoms with Crippen LogP contribution in [-0.4, -0.2) is 24.0 Å². The van der Waals surface area contributed by atoms with Crippen LogP contribution >= 0.6 is 0 Å². The van der Waals surface area contributed by atoms with E-state index in [4.69, 9.17) is 4.74 Å². The van der Waals surface area contributed by atoms with Crippen molar-refractivity contribution in [3.8, 4) is 5.75 Å². The molecule has 0 bridgehead atoms. The van der Waals surface area contributed by atoms with Gasteiger partial charge in [-0.25, -0.2) is 0 Å². The molecule has 2 aliphatic heterocycles. The third-order valence-electron chi connectivity index (χ3n) is 3.82. The van der Waals surface area contributed by atoms with Crippen LogP contribution in [0.15, 0.2) is 30.0 Å². The average molecular weight is 242 g/mol. The lowest BCUT2D eigenvalue weighted by Gasteiger charge is -2.07. The number of allylic oxidation sites excluding steroid dienone is 2. The highest BCUT2D eigenvalue weighted by molar-refractivity contribution is 5.92. The summed E-state index contributed by atoms with van der Waals surface area (Å²) in [6, 6.07) is 6.75. The third-order valence-corrected chi connectivity index (χ3v) is 3.82. The second-order valence-corrected chi connectivity index (χ2v) is 4.99. The minimum atomic E-state index is 0.261. The normalized spacial score (nSPS) is 24.4. The highest BCUT2D eigenvalue weighted by Crippen LogP contribution is 2.43. The fourth-order valence-electron chi connectivity index (χ4n) is 2.75. The highest BCUT2D eigenvalue weighted by Gasteiger charge is 2.38. The first-order chi connectivity index (χ1) is 8.81. The Bertz CT molecular complexity index is 565. The van der Waals surface area contributed by atoms with E-state index in [1.54, 1.807) is 6.08 Å². The second kappa shape index (κ2) is 3.51. The first-order valence-electron chi connectivity index (χ1n) is 6.32. The van der Waals surface area contributed by atoms with Crippen LogP contribution < -0.4 is 10.1 Å². The van der Waals surface area contributed by atoms with Crippen LogP contribution in [0, 0.1) is 0 Å². The van der Waals surface area contributed by atoms with Crippen molar-refractivity contribution < 1.29 is 9.53 Å². The molecule has 4 rings (SSSR count). The molecular formula is C14H14N2O2. The molecule has 1 saturated heterocycles. The van der Waals surface area contributed by atoms with Crippen molar-refractivity contribution >= 4 is 11.5 Å². The quantitative estimate of drug-likeness (QED) is 0.806. The van der Waals surface area contributed by atoms with E-state index in [1.165, 1.54) is 11.3 Å². The first-order valence-corrected chi connectivity index (χ1v) is 6.32. The lowest BCUT2D eigenvalue weighted by Crippen LogP contribution is -1.96. The number of fused-ring (bicyclic) bond motifs is 1. The van der Waals surface area contributed by atoms with E-state index in [0.29, 0.717) is 19.2 Å². The molecule has 1 unspecified atom stereocenters. The van der Waals surface area contributed by atoms with E-state index in [0.717, 1.165) is 24.4 Å². The molecule has 4 nitrogen and oxygen atoms in total. The largest absolute Gasteiger partial charge is 0.471 e. The Morgan fingerprint density at radius 1 is 1.33 bits per heavy atom. The maximum Gasteiger partial charge on any atom is 0.159 e. The van der Waals surface area contributed by atoms with Crippen LogP contribution in [-0.2, 0) is 4.79 Å². The van der Waals surface area contributed by atoms with Crippen molar-refractivity contribution in [2.24, 2.45) is 0 Å². The Morgan fingerprint density at radius 2 is 2.28 bits per heavy atom. The van der Waals surface area contributed by atoms with E-state index in [-0.39, 0.29) is 5.78 Å². The summed E-state index contributed by atoms with van der Waals surface area (Å²) in [5.41, 5.74) is 3.54. The Hall–Kier alpha value is -1.97. The second-order valence-electron chi connectivity index (χ2n) is 4.99. The smallest absolute Gasteiger partial charge is 0.159 e. The number of hydrogen-bond donors (Lipinski definition) is 1. The summed E-state index contributed by atoms with van der Waals surface area (Å²) in [5, 5.41) is 3.17. The standard InChI is InChI=1S/C14H14N2O2/c17-11-3-2-10(6-11)16-7-13(16)9-1-4-12-14(5-9)18-8-15-12/h1,4-6,13,15H,2-3,7-8H2. The molecule has 0 aromatic heterocycles. The number of ketones is 1.